The van der Waals surface area contributed by atoms with E-state index in [-0.39, 0.29) is 6.03 Å². The van der Waals surface area contributed by atoms with Crippen LogP contribution >= 0.6 is 11.6 Å². The molecule has 0 atom stereocenters. The van der Waals surface area contributed by atoms with E-state index in [4.69, 9.17) is 25.8 Å². The first-order valence-corrected chi connectivity index (χ1v) is 9.47. The van der Waals surface area contributed by atoms with Crippen LogP contribution in [0.5, 0.6) is 11.5 Å². The van der Waals surface area contributed by atoms with Gasteiger partial charge in [0.25, 0.3) is 0 Å². The van der Waals surface area contributed by atoms with E-state index < -0.39 is 0 Å². The molecule has 0 bridgehead atoms. The maximum atomic E-state index is 13.0. The fraction of sp³-hybridized carbons (Fsp3) is 0.381. The smallest absolute Gasteiger partial charge is 0.322 e. The summed E-state index contributed by atoms with van der Waals surface area (Å²) in [5, 5.41) is 3.33. The molecule has 7 heteroatoms. The van der Waals surface area contributed by atoms with Gasteiger partial charge < -0.3 is 24.4 Å². The van der Waals surface area contributed by atoms with Gasteiger partial charge in [-0.2, -0.15) is 0 Å². The molecule has 2 aromatic carbocycles. The number of urea groups is 1. The fourth-order valence-corrected chi connectivity index (χ4v) is 2.99. The third-order valence-corrected chi connectivity index (χ3v) is 4.54. The molecule has 6 nitrogen and oxygen atoms in total. The van der Waals surface area contributed by atoms with Gasteiger partial charge in [0.15, 0.2) is 0 Å². The summed E-state index contributed by atoms with van der Waals surface area (Å²) in [5.41, 5.74) is 1.56. The first-order chi connectivity index (χ1) is 13.6. The Labute approximate surface area is 171 Å². The number of hydrogen-bond acceptors (Lipinski definition) is 4. The second kappa shape index (κ2) is 11.4. The Morgan fingerprint density at radius 3 is 2.39 bits per heavy atom. The first-order valence-electron chi connectivity index (χ1n) is 9.09. The van der Waals surface area contributed by atoms with Gasteiger partial charge in [-0.05, 0) is 18.4 Å². The maximum absolute atomic E-state index is 13.0. The minimum Gasteiger partial charge on any atom is -0.495 e. The summed E-state index contributed by atoms with van der Waals surface area (Å²) in [6.45, 7) is 1.78. The highest BCUT2D eigenvalue weighted by atomic mass is 35.5. The molecule has 0 spiro atoms. The van der Waals surface area contributed by atoms with Gasteiger partial charge in [0.1, 0.15) is 11.5 Å². The van der Waals surface area contributed by atoms with Crippen LogP contribution in [-0.4, -0.2) is 45.4 Å². The molecular weight excluding hydrogens is 380 g/mol. The molecule has 28 heavy (non-hydrogen) atoms. The minimum absolute atomic E-state index is 0.219. The van der Waals surface area contributed by atoms with Crippen LogP contribution in [-0.2, 0) is 11.3 Å². The lowest BCUT2D eigenvalue weighted by Crippen LogP contribution is -2.35. The van der Waals surface area contributed by atoms with Crippen molar-refractivity contribution in [1.29, 1.82) is 0 Å². The molecule has 1 N–H and O–H groups in total. The number of carbonyl (C=O) groups excluding carboxylic acids is 1. The third kappa shape index (κ3) is 6.32. The largest absolute Gasteiger partial charge is 0.495 e. The van der Waals surface area contributed by atoms with Crippen molar-refractivity contribution in [2.24, 2.45) is 0 Å². The van der Waals surface area contributed by atoms with Crippen molar-refractivity contribution in [3.63, 3.8) is 0 Å². The fourth-order valence-electron chi connectivity index (χ4n) is 2.76. The monoisotopic (exact) mass is 406 g/mol. The third-order valence-electron chi connectivity index (χ3n) is 4.25. The summed E-state index contributed by atoms with van der Waals surface area (Å²) in [4.78, 5) is 14.8. The SMILES string of the molecule is COCCCCN(Cc1ccccc1)C(=O)Nc1cc(OC)c(Cl)cc1OC. The van der Waals surface area contributed by atoms with Crippen molar-refractivity contribution < 1.29 is 19.0 Å². The number of anilines is 1. The predicted octanol–water partition coefficient (Wildman–Crippen LogP) is 4.82. The number of rotatable bonds is 10. The van der Waals surface area contributed by atoms with Crippen LogP contribution < -0.4 is 14.8 Å². The summed E-state index contributed by atoms with van der Waals surface area (Å²) in [5.74, 6) is 0.936. The Morgan fingerprint density at radius 1 is 1.04 bits per heavy atom. The second-order valence-electron chi connectivity index (χ2n) is 6.22. The molecular formula is C21H27ClN2O4. The van der Waals surface area contributed by atoms with Crippen molar-refractivity contribution in [3.05, 3.63) is 53.1 Å². The summed E-state index contributed by atoms with van der Waals surface area (Å²) in [7, 11) is 4.73. The van der Waals surface area contributed by atoms with E-state index >= 15 is 0 Å². The summed E-state index contributed by atoms with van der Waals surface area (Å²) >= 11 is 6.14. The zero-order chi connectivity index (χ0) is 20.4. The van der Waals surface area contributed by atoms with Gasteiger partial charge in [0.05, 0.1) is 24.9 Å². The topological polar surface area (TPSA) is 60.0 Å². The highest BCUT2D eigenvalue weighted by Gasteiger charge is 2.18. The van der Waals surface area contributed by atoms with E-state index in [1.165, 1.54) is 14.2 Å². The van der Waals surface area contributed by atoms with E-state index in [9.17, 15) is 4.79 Å². The molecule has 0 saturated carbocycles. The molecule has 0 fully saturated rings. The molecule has 152 valence electrons. The lowest BCUT2D eigenvalue weighted by atomic mass is 10.2. The van der Waals surface area contributed by atoms with Crippen LogP contribution in [0.2, 0.25) is 5.02 Å². The lowest BCUT2D eigenvalue weighted by Gasteiger charge is -2.24. The van der Waals surface area contributed by atoms with E-state index in [0.29, 0.717) is 41.9 Å². The normalized spacial score (nSPS) is 10.4. The quantitative estimate of drug-likeness (QED) is 0.575. The average molecular weight is 407 g/mol. The number of nitrogens with one attached hydrogen (secondary N) is 1. The van der Waals surface area contributed by atoms with Crippen molar-refractivity contribution in [1.82, 2.24) is 4.90 Å². The number of halogens is 1. The zero-order valence-corrected chi connectivity index (χ0v) is 17.3. The molecule has 0 aromatic heterocycles. The van der Waals surface area contributed by atoms with Gasteiger partial charge in [-0.15, -0.1) is 0 Å². The van der Waals surface area contributed by atoms with Crippen LogP contribution in [0.4, 0.5) is 10.5 Å². The molecule has 0 aliphatic rings. The second-order valence-corrected chi connectivity index (χ2v) is 6.63. The van der Waals surface area contributed by atoms with Gasteiger partial charge in [-0.3, -0.25) is 0 Å². The standard InChI is InChI=1S/C21H27ClN2O4/c1-26-12-8-7-11-24(15-16-9-5-4-6-10-16)21(25)23-18-14-19(27-2)17(22)13-20(18)28-3/h4-6,9-10,13-14H,7-8,11-12,15H2,1-3H3,(H,23,25). The van der Waals surface area contributed by atoms with Crippen LogP contribution in [0.15, 0.2) is 42.5 Å². The highest BCUT2D eigenvalue weighted by Crippen LogP contribution is 2.36. The highest BCUT2D eigenvalue weighted by molar-refractivity contribution is 6.32. The molecule has 2 rings (SSSR count). The Kier molecular flexibility index (Phi) is 8.91. The van der Waals surface area contributed by atoms with Gasteiger partial charge in [0, 0.05) is 38.9 Å². The van der Waals surface area contributed by atoms with Gasteiger partial charge in [-0.1, -0.05) is 41.9 Å². The number of benzene rings is 2. The van der Waals surface area contributed by atoms with Gasteiger partial charge in [-0.25, -0.2) is 4.79 Å². The Hall–Kier alpha value is -2.44. The number of unbranched alkanes of at least 4 members (excludes halogenated alkanes) is 1. The average Bonchev–Trinajstić information content (AvgIpc) is 2.71. The van der Waals surface area contributed by atoms with E-state index in [1.807, 2.05) is 30.3 Å². The van der Waals surface area contributed by atoms with Crippen LogP contribution in [0.25, 0.3) is 0 Å². The maximum Gasteiger partial charge on any atom is 0.322 e. The number of carbonyl (C=O) groups is 1. The van der Waals surface area contributed by atoms with E-state index in [2.05, 4.69) is 5.32 Å². The van der Waals surface area contributed by atoms with Crippen molar-refractivity contribution in [3.8, 4) is 11.5 Å². The van der Waals surface area contributed by atoms with Crippen LogP contribution in [0, 0.1) is 0 Å². The summed E-state index contributed by atoms with van der Waals surface area (Å²) in [6.07, 6.45) is 1.72. The lowest BCUT2D eigenvalue weighted by molar-refractivity contribution is 0.182. The van der Waals surface area contributed by atoms with Gasteiger partial charge >= 0.3 is 6.03 Å². The van der Waals surface area contributed by atoms with Crippen molar-refractivity contribution in [2.45, 2.75) is 19.4 Å². The molecule has 2 aromatic rings. The number of ether oxygens (including phenoxy) is 3. The Bertz CT molecular complexity index is 756. The predicted molar refractivity (Wildman–Crippen MR) is 112 cm³/mol. The summed E-state index contributed by atoms with van der Waals surface area (Å²) in [6, 6.07) is 12.9. The van der Waals surface area contributed by atoms with E-state index in [1.54, 1.807) is 24.1 Å². The Balaban J connectivity index is 2.16. The van der Waals surface area contributed by atoms with Gasteiger partial charge in [0.2, 0.25) is 0 Å². The molecule has 0 unspecified atom stereocenters. The van der Waals surface area contributed by atoms with Crippen LogP contribution in [0.3, 0.4) is 0 Å². The summed E-state index contributed by atoms with van der Waals surface area (Å²) < 4.78 is 15.7. The van der Waals surface area contributed by atoms with Crippen molar-refractivity contribution >= 4 is 23.3 Å². The number of hydrogen-bond donors (Lipinski definition) is 1. The molecule has 0 aliphatic carbocycles. The first kappa shape index (κ1) is 21.9. The number of amides is 2. The molecule has 2 amide bonds. The zero-order valence-electron chi connectivity index (χ0n) is 16.5. The Morgan fingerprint density at radius 2 is 1.75 bits per heavy atom. The molecule has 0 heterocycles. The van der Waals surface area contributed by atoms with E-state index in [0.717, 1.165) is 18.4 Å². The van der Waals surface area contributed by atoms with Crippen LogP contribution in [0.1, 0.15) is 18.4 Å². The number of nitrogens with zero attached hydrogens (tertiary/aromatic N) is 1. The molecule has 0 saturated heterocycles. The van der Waals surface area contributed by atoms with Crippen molar-refractivity contribution in [2.75, 3.05) is 39.8 Å². The molecule has 0 radical (unpaired) electrons. The molecule has 0 aliphatic heterocycles. The minimum atomic E-state index is -0.219. The number of methoxy groups -OCH3 is 3.